The number of benzene rings is 1. The van der Waals surface area contributed by atoms with Gasteiger partial charge in [0.2, 0.25) is 0 Å². The minimum absolute atomic E-state index is 0.283. The number of aromatic amines is 1. The minimum Gasteiger partial charge on any atom is -0.296 e. The highest BCUT2D eigenvalue weighted by atomic mass is 16.1. The van der Waals surface area contributed by atoms with Crippen molar-refractivity contribution in [1.82, 2.24) is 19.6 Å². The maximum absolute atomic E-state index is 11.5. The van der Waals surface area contributed by atoms with Crippen LogP contribution < -0.4 is 5.69 Å². The number of aryl methyl sites for hydroxylation is 1. The topological polar surface area (TPSA) is 63.1 Å². The Morgan fingerprint density at radius 2 is 2.24 bits per heavy atom. The van der Waals surface area contributed by atoms with E-state index in [9.17, 15) is 4.79 Å². The van der Waals surface area contributed by atoms with Crippen LogP contribution in [0.25, 0.3) is 16.8 Å². The van der Waals surface area contributed by atoms with Gasteiger partial charge in [0.25, 0.3) is 0 Å². The summed E-state index contributed by atoms with van der Waals surface area (Å²) in [7, 11) is 0. The predicted molar refractivity (Wildman–Crippen MR) is 63.8 cm³/mol. The van der Waals surface area contributed by atoms with Crippen LogP contribution >= 0.6 is 0 Å². The van der Waals surface area contributed by atoms with E-state index in [-0.39, 0.29) is 5.69 Å². The number of nitrogens with zero attached hydrogens (tertiary/aromatic N) is 3. The lowest BCUT2D eigenvalue weighted by Gasteiger charge is -1.99. The van der Waals surface area contributed by atoms with Gasteiger partial charge >= 0.3 is 5.69 Å². The van der Waals surface area contributed by atoms with Gasteiger partial charge in [-0.2, -0.15) is 9.61 Å². The Balaban J connectivity index is 2.32. The summed E-state index contributed by atoms with van der Waals surface area (Å²) >= 11 is 0. The minimum atomic E-state index is -0.283. The monoisotopic (exact) mass is 226 g/mol. The Labute approximate surface area is 96.8 Å². The average molecular weight is 226 g/mol. The van der Waals surface area contributed by atoms with Crippen molar-refractivity contribution in [3.8, 4) is 11.1 Å². The van der Waals surface area contributed by atoms with E-state index >= 15 is 0 Å². The molecule has 0 amide bonds. The first-order chi connectivity index (χ1) is 8.25. The van der Waals surface area contributed by atoms with E-state index < -0.39 is 0 Å². The summed E-state index contributed by atoms with van der Waals surface area (Å²) in [6, 6.07) is 8.02. The highest BCUT2D eigenvalue weighted by Crippen LogP contribution is 2.22. The molecule has 5 nitrogen and oxygen atoms in total. The Bertz CT molecular complexity index is 741. The third-order valence-electron chi connectivity index (χ3n) is 2.64. The van der Waals surface area contributed by atoms with Gasteiger partial charge in [-0.25, -0.2) is 9.78 Å². The lowest BCUT2D eigenvalue weighted by atomic mass is 10.1. The summed E-state index contributed by atoms with van der Waals surface area (Å²) in [4.78, 5) is 18.1. The number of aromatic nitrogens is 4. The number of hydrogen-bond acceptors (Lipinski definition) is 3. The van der Waals surface area contributed by atoms with E-state index in [0.717, 1.165) is 16.7 Å². The molecule has 2 aromatic heterocycles. The first-order valence-corrected chi connectivity index (χ1v) is 5.24. The van der Waals surface area contributed by atoms with Gasteiger partial charge in [0.1, 0.15) is 0 Å². The molecular formula is C12H10N4O. The maximum Gasteiger partial charge on any atom is 0.349 e. The largest absolute Gasteiger partial charge is 0.349 e. The van der Waals surface area contributed by atoms with E-state index in [1.807, 2.05) is 31.2 Å². The summed E-state index contributed by atoms with van der Waals surface area (Å²) in [5.74, 6) is 0. The van der Waals surface area contributed by atoms with E-state index in [2.05, 4.69) is 15.1 Å². The number of rotatable bonds is 1. The van der Waals surface area contributed by atoms with E-state index in [1.165, 1.54) is 10.8 Å². The lowest BCUT2D eigenvalue weighted by molar-refractivity contribution is 0.840. The van der Waals surface area contributed by atoms with E-state index in [1.54, 1.807) is 6.20 Å². The fourth-order valence-corrected chi connectivity index (χ4v) is 1.84. The second-order valence-corrected chi connectivity index (χ2v) is 3.87. The van der Waals surface area contributed by atoms with E-state index in [4.69, 9.17) is 0 Å². The van der Waals surface area contributed by atoms with Crippen LogP contribution in [0.15, 0.2) is 41.6 Å². The van der Waals surface area contributed by atoms with Gasteiger partial charge in [-0.1, -0.05) is 29.8 Å². The number of nitrogens with one attached hydrogen (secondary N) is 1. The molecule has 0 aliphatic heterocycles. The molecule has 0 aliphatic carbocycles. The summed E-state index contributed by atoms with van der Waals surface area (Å²) in [6.45, 7) is 2.02. The van der Waals surface area contributed by atoms with Gasteiger partial charge < -0.3 is 0 Å². The summed E-state index contributed by atoms with van der Waals surface area (Å²) in [5.41, 5.74) is 3.32. The Morgan fingerprint density at radius 3 is 3.06 bits per heavy atom. The first kappa shape index (κ1) is 9.77. The molecule has 2 heterocycles. The molecule has 0 atom stereocenters. The molecule has 0 aliphatic rings. The summed E-state index contributed by atoms with van der Waals surface area (Å²) < 4.78 is 1.26. The molecule has 0 saturated heterocycles. The molecule has 3 rings (SSSR count). The van der Waals surface area contributed by atoms with Crippen molar-refractivity contribution in [2.75, 3.05) is 0 Å². The molecule has 1 N–H and O–H groups in total. The molecule has 17 heavy (non-hydrogen) atoms. The van der Waals surface area contributed by atoms with Gasteiger partial charge in [0.15, 0.2) is 5.65 Å². The molecule has 0 radical (unpaired) electrons. The van der Waals surface area contributed by atoms with Crippen molar-refractivity contribution in [3.63, 3.8) is 0 Å². The molecule has 0 saturated carbocycles. The first-order valence-electron chi connectivity index (χ1n) is 5.24. The standard InChI is InChI=1S/C12H10N4O/c1-8-3-2-4-9(5-8)10-6-15-16-11(10)13-7-14-12(16)17/h2-7H,1H3,(H,13,14,17). The second kappa shape index (κ2) is 3.55. The molecule has 84 valence electrons. The van der Waals surface area contributed by atoms with Gasteiger partial charge in [0.05, 0.1) is 12.5 Å². The number of hydrogen-bond donors (Lipinski definition) is 1. The molecular weight excluding hydrogens is 216 g/mol. The molecule has 5 heteroatoms. The Kier molecular flexibility index (Phi) is 2.04. The second-order valence-electron chi connectivity index (χ2n) is 3.87. The van der Waals surface area contributed by atoms with Gasteiger partial charge in [-0.3, -0.25) is 4.98 Å². The van der Waals surface area contributed by atoms with Crippen LogP contribution in [0.1, 0.15) is 5.56 Å². The fourth-order valence-electron chi connectivity index (χ4n) is 1.84. The number of fused-ring (bicyclic) bond motifs is 1. The van der Waals surface area contributed by atoms with Crippen molar-refractivity contribution in [2.24, 2.45) is 0 Å². The average Bonchev–Trinajstić information content (AvgIpc) is 2.74. The zero-order chi connectivity index (χ0) is 11.8. The molecule has 0 unspecified atom stereocenters. The zero-order valence-electron chi connectivity index (χ0n) is 9.21. The quantitative estimate of drug-likeness (QED) is 0.682. The van der Waals surface area contributed by atoms with E-state index in [0.29, 0.717) is 5.65 Å². The smallest absolute Gasteiger partial charge is 0.296 e. The molecule has 3 aromatic rings. The van der Waals surface area contributed by atoms with Crippen molar-refractivity contribution in [2.45, 2.75) is 6.92 Å². The zero-order valence-corrected chi connectivity index (χ0v) is 9.21. The van der Waals surface area contributed by atoms with Crippen LogP contribution in [-0.2, 0) is 0 Å². The molecule has 0 fully saturated rings. The van der Waals surface area contributed by atoms with Crippen LogP contribution in [0.4, 0.5) is 0 Å². The van der Waals surface area contributed by atoms with Gasteiger partial charge in [0, 0.05) is 5.56 Å². The van der Waals surface area contributed by atoms with Crippen LogP contribution in [0.2, 0.25) is 0 Å². The van der Waals surface area contributed by atoms with Crippen molar-refractivity contribution in [3.05, 3.63) is 52.8 Å². The SMILES string of the molecule is Cc1cccc(-c2cnn3c(=O)[nH]cnc23)c1. The van der Waals surface area contributed by atoms with Crippen LogP contribution in [0.5, 0.6) is 0 Å². The van der Waals surface area contributed by atoms with Crippen LogP contribution in [0, 0.1) is 6.92 Å². The van der Waals surface area contributed by atoms with Gasteiger partial charge in [-0.15, -0.1) is 0 Å². The van der Waals surface area contributed by atoms with Crippen LogP contribution in [0.3, 0.4) is 0 Å². The Morgan fingerprint density at radius 1 is 1.35 bits per heavy atom. The highest BCUT2D eigenvalue weighted by Gasteiger charge is 2.09. The summed E-state index contributed by atoms with van der Waals surface area (Å²) in [5, 5.41) is 4.03. The molecule has 0 bridgehead atoms. The maximum atomic E-state index is 11.5. The van der Waals surface area contributed by atoms with Crippen molar-refractivity contribution >= 4 is 5.65 Å². The highest BCUT2D eigenvalue weighted by molar-refractivity contribution is 5.76. The van der Waals surface area contributed by atoms with Crippen molar-refractivity contribution in [1.29, 1.82) is 0 Å². The summed E-state index contributed by atoms with van der Waals surface area (Å²) in [6.07, 6.45) is 3.05. The fraction of sp³-hybridized carbons (Fsp3) is 0.0833. The third-order valence-corrected chi connectivity index (χ3v) is 2.64. The van der Waals surface area contributed by atoms with Crippen LogP contribution in [-0.4, -0.2) is 19.6 Å². The predicted octanol–water partition coefficient (Wildman–Crippen LogP) is 1.39. The molecule has 1 aromatic carbocycles. The number of H-pyrrole nitrogens is 1. The van der Waals surface area contributed by atoms with Crippen molar-refractivity contribution < 1.29 is 0 Å². The molecule has 0 spiro atoms. The normalized spacial score (nSPS) is 10.9. The van der Waals surface area contributed by atoms with Gasteiger partial charge in [-0.05, 0) is 12.5 Å². The lowest BCUT2D eigenvalue weighted by Crippen LogP contribution is -2.17. The third kappa shape index (κ3) is 1.52. The Hall–Kier alpha value is -2.43.